The predicted molar refractivity (Wildman–Crippen MR) is 117 cm³/mol. The van der Waals surface area contributed by atoms with Gasteiger partial charge in [0.25, 0.3) is 5.56 Å². The van der Waals surface area contributed by atoms with Crippen molar-refractivity contribution in [1.82, 2.24) is 29.9 Å². The van der Waals surface area contributed by atoms with Crippen molar-refractivity contribution in [2.45, 2.75) is 0 Å². The van der Waals surface area contributed by atoms with Crippen LogP contribution >= 0.6 is 0 Å². The molecule has 0 saturated heterocycles. The molecule has 6 rings (SSSR count). The Morgan fingerprint density at radius 2 is 1.80 bits per heavy atom. The topological polar surface area (TPSA) is 115 Å². The van der Waals surface area contributed by atoms with Gasteiger partial charge >= 0.3 is 0 Å². The lowest BCUT2D eigenvalue weighted by Gasteiger charge is -2.07. The Balaban J connectivity index is 1.41. The molecule has 0 atom stereocenters. The van der Waals surface area contributed by atoms with Crippen molar-refractivity contribution in [3.8, 4) is 11.3 Å². The maximum atomic E-state index is 12.2. The number of para-hydroxylation sites is 2. The van der Waals surface area contributed by atoms with Crippen molar-refractivity contribution in [2.24, 2.45) is 0 Å². The quantitative estimate of drug-likeness (QED) is 0.362. The first-order valence-corrected chi connectivity index (χ1v) is 9.43. The lowest BCUT2D eigenvalue weighted by molar-refractivity contribution is 1.15. The second kappa shape index (κ2) is 6.28. The fourth-order valence-corrected chi connectivity index (χ4v) is 3.70. The average Bonchev–Trinajstić information content (AvgIpc) is 3.41. The number of fused-ring (bicyclic) bond motifs is 4. The van der Waals surface area contributed by atoms with E-state index in [9.17, 15) is 4.79 Å². The van der Waals surface area contributed by atoms with Gasteiger partial charge in [0.2, 0.25) is 11.9 Å². The van der Waals surface area contributed by atoms with Gasteiger partial charge in [-0.25, -0.2) is 15.0 Å². The molecule has 0 amide bonds. The SMILES string of the molecule is O=c1[nH]c2ccc(-c3ccnc(Nc4nc5ccccc5[nH]4)n3)cc2c2cc[nH]c12. The van der Waals surface area contributed by atoms with E-state index in [1.807, 2.05) is 54.6 Å². The van der Waals surface area contributed by atoms with Crippen LogP contribution < -0.4 is 10.9 Å². The molecule has 0 aliphatic carbocycles. The van der Waals surface area contributed by atoms with Gasteiger partial charge in [0, 0.05) is 34.2 Å². The van der Waals surface area contributed by atoms with Gasteiger partial charge in [-0.1, -0.05) is 18.2 Å². The molecule has 0 aliphatic heterocycles. The smallest absolute Gasteiger partial charge is 0.272 e. The van der Waals surface area contributed by atoms with Crippen molar-refractivity contribution >= 4 is 44.7 Å². The Hall–Kier alpha value is -4.46. The number of pyridine rings is 1. The van der Waals surface area contributed by atoms with Gasteiger partial charge < -0.3 is 15.0 Å². The van der Waals surface area contributed by atoms with Crippen molar-refractivity contribution < 1.29 is 0 Å². The molecule has 0 unspecified atom stereocenters. The van der Waals surface area contributed by atoms with Gasteiger partial charge in [0.15, 0.2) is 0 Å². The number of nitrogens with one attached hydrogen (secondary N) is 4. The summed E-state index contributed by atoms with van der Waals surface area (Å²) in [5, 5.41) is 4.96. The Morgan fingerprint density at radius 1 is 0.867 bits per heavy atom. The minimum atomic E-state index is -0.130. The highest BCUT2D eigenvalue weighted by Gasteiger charge is 2.10. The number of rotatable bonds is 3. The Bertz CT molecular complexity index is 1580. The number of H-pyrrole nitrogens is 3. The molecule has 0 aliphatic rings. The van der Waals surface area contributed by atoms with E-state index in [1.54, 1.807) is 12.4 Å². The van der Waals surface area contributed by atoms with Crippen LogP contribution in [0.5, 0.6) is 0 Å². The first kappa shape index (κ1) is 16.5. The van der Waals surface area contributed by atoms with Crippen LogP contribution in [0.2, 0.25) is 0 Å². The molecule has 4 aromatic heterocycles. The molecule has 4 N–H and O–H groups in total. The molecule has 4 heterocycles. The summed E-state index contributed by atoms with van der Waals surface area (Å²) in [7, 11) is 0. The lowest BCUT2D eigenvalue weighted by atomic mass is 10.1. The number of hydrogen-bond donors (Lipinski definition) is 4. The van der Waals surface area contributed by atoms with Gasteiger partial charge in [0.1, 0.15) is 5.52 Å². The summed E-state index contributed by atoms with van der Waals surface area (Å²) in [5.74, 6) is 1.03. The number of imidazole rings is 1. The van der Waals surface area contributed by atoms with Crippen LogP contribution in [0.1, 0.15) is 0 Å². The lowest BCUT2D eigenvalue weighted by Crippen LogP contribution is -2.06. The number of aromatic amines is 3. The normalized spacial score (nSPS) is 11.5. The van der Waals surface area contributed by atoms with Crippen molar-refractivity contribution in [2.75, 3.05) is 5.32 Å². The third kappa shape index (κ3) is 2.62. The second-order valence-electron chi connectivity index (χ2n) is 6.97. The fourth-order valence-electron chi connectivity index (χ4n) is 3.70. The highest BCUT2D eigenvalue weighted by molar-refractivity contribution is 6.05. The van der Waals surface area contributed by atoms with Gasteiger partial charge in [-0.3, -0.25) is 10.1 Å². The van der Waals surface area contributed by atoms with E-state index < -0.39 is 0 Å². The summed E-state index contributed by atoms with van der Waals surface area (Å²) in [6, 6.07) is 17.4. The van der Waals surface area contributed by atoms with Crippen LogP contribution in [0.4, 0.5) is 11.9 Å². The summed E-state index contributed by atoms with van der Waals surface area (Å²) in [4.78, 5) is 34.7. The largest absolute Gasteiger partial charge is 0.357 e. The van der Waals surface area contributed by atoms with Crippen LogP contribution in [-0.4, -0.2) is 29.9 Å². The van der Waals surface area contributed by atoms with Gasteiger partial charge in [-0.05, 0) is 36.4 Å². The molecule has 8 heteroatoms. The van der Waals surface area contributed by atoms with Crippen LogP contribution in [0.25, 0.3) is 44.1 Å². The van der Waals surface area contributed by atoms with Crippen LogP contribution in [0.3, 0.4) is 0 Å². The van der Waals surface area contributed by atoms with Crippen LogP contribution in [0.15, 0.2) is 71.8 Å². The zero-order valence-electron chi connectivity index (χ0n) is 15.6. The van der Waals surface area contributed by atoms with E-state index in [4.69, 9.17) is 0 Å². The van der Waals surface area contributed by atoms with Crippen molar-refractivity contribution in [1.29, 1.82) is 0 Å². The highest BCUT2D eigenvalue weighted by Crippen LogP contribution is 2.27. The minimum absolute atomic E-state index is 0.130. The average molecular weight is 393 g/mol. The predicted octanol–water partition coefficient (Wildman–Crippen LogP) is 4.09. The molecule has 30 heavy (non-hydrogen) atoms. The number of benzene rings is 2. The van der Waals surface area contributed by atoms with Crippen LogP contribution in [-0.2, 0) is 0 Å². The summed E-state index contributed by atoms with van der Waals surface area (Å²) in [6.45, 7) is 0. The van der Waals surface area contributed by atoms with E-state index in [1.165, 1.54) is 0 Å². The van der Waals surface area contributed by atoms with Crippen LogP contribution in [0, 0.1) is 0 Å². The molecule has 0 saturated carbocycles. The number of aromatic nitrogens is 6. The molecule has 0 spiro atoms. The van der Waals surface area contributed by atoms with Gasteiger partial charge in [-0.2, -0.15) is 0 Å². The first-order chi connectivity index (χ1) is 14.7. The summed E-state index contributed by atoms with van der Waals surface area (Å²) in [5.41, 5.74) is 4.72. The molecule has 144 valence electrons. The fraction of sp³-hybridized carbons (Fsp3) is 0. The third-order valence-corrected chi connectivity index (χ3v) is 5.10. The zero-order chi connectivity index (χ0) is 20.1. The summed E-state index contributed by atoms with van der Waals surface area (Å²) >= 11 is 0. The number of nitrogens with zero attached hydrogens (tertiary/aromatic N) is 3. The second-order valence-corrected chi connectivity index (χ2v) is 6.97. The number of hydrogen-bond acceptors (Lipinski definition) is 5. The minimum Gasteiger partial charge on any atom is -0.357 e. The third-order valence-electron chi connectivity index (χ3n) is 5.10. The standard InChI is InChI=1S/C22H15N7O/c30-20-19-13(7-9-23-19)14-11-12(5-6-16(14)25-20)15-8-10-24-21(26-15)29-22-27-17-3-1-2-4-18(17)28-22/h1-11,23H,(H,25,30)(H2,24,26,27,28,29). The van der Waals surface area contributed by atoms with E-state index in [0.29, 0.717) is 17.4 Å². The van der Waals surface area contributed by atoms with Gasteiger partial charge in [0.05, 0.1) is 16.7 Å². The Kier molecular flexibility index (Phi) is 3.45. The molecule has 0 fully saturated rings. The first-order valence-electron chi connectivity index (χ1n) is 9.43. The maximum absolute atomic E-state index is 12.2. The molecule has 0 bridgehead atoms. The van der Waals surface area contributed by atoms with Crippen molar-refractivity contribution in [3.63, 3.8) is 0 Å². The molecular formula is C22H15N7O. The molecule has 6 aromatic rings. The van der Waals surface area contributed by atoms with E-state index in [0.717, 1.165) is 38.6 Å². The maximum Gasteiger partial charge on any atom is 0.272 e. The zero-order valence-corrected chi connectivity index (χ0v) is 15.6. The highest BCUT2D eigenvalue weighted by atomic mass is 16.1. The Morgan fingerprint density at radius 3 is 2.73 bits per heavy atom. The summed E-state index contributed by atoms with van der Waals surface area (Å²) in [6.07, 6.45) is 3.47. The van der Waals surface area contributed by atoms with E-state index in [2.05, 4.69) is 35.2 Å². The molecule has 8 nitrogen and oxygen atoms in total. The number of anilines is 2. The Labute approximate surface area is 169 Å². The summed E-state index contributed by atoms with van der Waals surface area (Å²) < 4.78 is 0. The molecular weight excluding hydrogens is 378 g/mol. The van der Waals surface area contributed by atoms with E-state index >= 15 is 0 Å². The monoisotopic (exact) mass is 393 g/mol. The molecule has 0 radical (unpaired) electrons. The molecule has 2 aromatic carbocycles. The van der Waals surface area contributed by atoms with Crippen molar-refractivity contribution in [3.05, 3.63) is 77.3 Å². The van der Waals surface area contributed by atoms with E-state index in [-0.39, 0.29) is 5.56 Å². The van der Waals surface area contributed by atoms with Gasteiger partial charge in [-0.15, -0.1) is 0 Å².